The maximum atomic E-state index is 12.9. The monoisotopic (exact) mass is 374 g/mol. The third kappa shape index (κ3) is 6.62. The van der Waals surface area contributed by atoms with E-state index < -0.39 is 0 Å². The molecule has 0 radical (unpaired) electrons. The lowest BCUT2D eigenvalue weighted by atomic mass is 10.2. The Kier molecular flexibility index (Phi) is 7.61. The highest BCUT2D eigenvalue weighted by Crippen LogP contribution is 2.16. The van der Waals surface area contributed by atoms with Crippen molar-refractivity contribution in [2.45, 2.75) is 13.5 Å². The summed E-state index contributed by atoms with van der Waals surface area (Å²) in [6, 6.07) is 12.7. The average Bonchev–Trinajstić information content (AvgIpc) is 2.70. The van der Waals surface area contributed by atoms with Crippen molar-refractivity contribution in [3.05, 3.63) is 59.9 Å². The average molecular weight is 374 g/mol. The molecule has 0 heterocycles. The van der Waals surface area contributed by atoms with E-state index >= 15 is 0 Å². The number of rotatable bonds is 9. The van der Waals surface area contributed by atoms with Crippen molar-refractivity contribution in [1.82, 2.24) is 10.2 Å². The van der Waals surface area contributed by atoms with Crippen LogP contribution in [-0.2, 0) is 16.1 Å². The van der Waals surface area contributed by atoms with Crippen LogP contribution < -0.4 is 14.8 Å². The SMILES string of the molecule is CCN(CC(=O)NCc1ccc(F)cc1)C(=O)COc1ccc(OC)cc1. The molecule has 2 aromatic carbocycles. The maximum absolute atomic E-state index is 12.9. The molecule has 7 heteroatoms. The largest absolute Gasteiger partial charge is 0.497 e. The van der Waals surface area contributed by atoms with Crippen molar-refractivity contribution in [3.8, 4) is 11.5 Å². The van der Waals surface area contributed by atoms with E-state index in [1.54, 1.807) is 50.4 Å². The van der Waals surface area contributed by atoms with E-state index in [1.165, 1.54) is 17.0 Å². The number of hydrogen-bond acceptors (Lipinski definition) is 4. The Morgan fingerprint density at radius 2 is 1.67 bits per heavy atom. The van der Waals surface area contributed by atoms with Crippen LogP contribution in [0.2, 0.25) is 0 Å². The molecule has 0 unspecified atom stereocenters. The highest BCUT2D eigenvalue weighted by atomic mass is 19.1. The second-order valence-corrected chi connectivity index (χ2v) is 5.78. The molecule has 0 fully saturated rings. The molecule has 0 aliphatic carbocycles. The van der Waals surface area contributed by atoms with Crippen LogP contribution in [0.15, 0.2) is 48.5 Å². The number of methoxy groups -OCH3 is 1. The van der Waals surface area contributed by atoms with Crippen LogP contribution in [0, 0.1) is 5.82 Å². The standard InChI is InChI=1S/C20H23FN2O4/c1-3-23(13-19(24)22-12-15-4-6-16(21)7-5-15)20(25)14-27-18-10-8-17(26-2)9-11-18/h4-11H,3,12-14H2,1-2H3,(H,22,24). The Morgan fingerprint density at radius 1 is 1.04 bits per heavy atom. The summed E-state index contributed by atoms with van der Waals surface area (Å²) in [5.74, 6) is 0.330. The highest BCUT2D eigenvalue weighted by molar-refractivity contribution is 5.85. The molecule has 0 aliphatic rings. The first-order chi connectivity index (χ1) is 13.0. The molecule has 0 aliphatic heterocycles. The molecule has 0 bridgehead atoms. The molecule has 0 aromatic heterocycles. The molecule has 0 spiro atoms. The zero-order chi connectivity index (χ0) is 19.6. The van der Waals surface area contributed by atoms with Gasteiger partial charge in [-0.2, -0.15) is 0 Å². The number of benzene rings is 2. The summed E-state index contributed by atoms with van der Waals surface area (Å²) in [6.45, 7) is 2.22. The van der Waals surface area contributed by atoms with Crippen LogP contribution in [0.5, 0.6) is 11.5 Å². The van der Waals surface area contributed by atoms with Crippen LogP contribution in [0.1, 0.15) is 12.5 Å². The van der Waals surface area contributed by atoms with Crippen LogP contribution in [-0.4, -0.2) is 43.5 Å². The quantitative estimate of drug-likeness (QED) is 0.732. The first-order valence-corrected chi connectivity index (χ1v) is 8.57. The predicted molar refractivity (Wildman–Crippen MR) is 99.0 cm³/mol. The van der Waals surface area contributed by atoms with Gasteiger partial charge < -0.3 is 19.7 Å². The fourth-order valence-corrected chi connectivity index (χ4v) is 2.32. The van der Waals surface area contributed by atoms with Gasteiger partial charge in [-0.3, -0.25) is 9.59 Å². The molecular weight excluding hydrogens is 351 g/mol. The summed E-state index contributed by atoms with van der Waals surface area (Å²) in [5, 5.41) is 2.71. The highest BCUT2D eigenvalue weighted by Gasteiger charge is 2.16. The first-order valence-electron chi connectivity index (χ1n) is 8.57. The smallest absolute Gasteiger partial charge is 0.260 e. The second-order valence-electron chi connectivity index (χ2n) is 5.78. The molecule has 2 amide bonds. The van der Waals surface area contributed by atoms with Gasteiger partial charge in [0.1, 0.15) is 17.3 Å². The van der Waals surface area contributed by atoms with Crippen LogP contribution in [0.25, 0.3) is 0 Å². The number of halogens is 1. The molecule has 6 nitrogen and oxygen atoms in total. The Morgan fingerprint density at radius 3 is 2.26 bits per heavy atom. The van der Waals surface area contributed by atoms with Gasteiger partial charge in [0, 0.05) is 13.1 Å². The molecule has 0 atom stereocenters. The normalized spacial score (nSPS) is 10.2. The lowest BCUT2D eigenvalue weighted by molar-refractivity contribution is -0.137. The Labute approximate surface area is 157 Å². The molecule has 0 saturated carbocycles. The van der Waals surface area contributed by atoms with E-state index in [0.29, 0.717) is 18.0 Å². The van der Waals surface area contributed by atoms with E-state index in [9.17, 15) is 14.0 Å². The molecule has 2 rings (SSSR count). The van der Waals surface area contributed by atoms with E-state index in [1.807, 2.05) is 0 Å². The van der Waals surface area contributed by atoms with Gasteiger partial charge in [-0.05, 0) is 48.9 Å². The number of hydrogen-bond donors (Lipinski definition) is 1. The summed E-state index contributed by atoms with van der Waals surface area (Å²) in [6.07, 6.45) is 0. The minimum atomic E-state index is -0.329. The maximum Gasteiger partial charge on any atom is 0.260 e. The fraction of sp³-hybridized carbons (Fsp3) is 0.300. The van der Waals surface area contributed by atoms with Gasteiger partial charge in [0.25, 0.3) is 5.91 Å². The van der Waals surface area contributed by atoms with E-state index in [4.69, 9.17) is 9.47 Å². The number of likely N-dealkylation sites (N-methyl/N-ethyl adjacent to an activating group) is 1. The third-order valence-corrected chi connectivity index (χ3v) is 3.89. The molecule has 1 N–H and O–H groups in total. The van der Waals surface area contributed by atoms with Crippen molar-refractivity contribution in [2.75, 3.05) is 26.8 Å². The van der Waals surface area contributed by atoms with Crippen LogP contribution >= 0.6 is 0 Å². The summed E-state index contributed by atoms with van der Waals surface area (Å²) < 4.78 is 23.4. The number of amides is 2. The molecule has 0 saturated heterocycles. The van der Waals surface area contributed by atoms with Gasteiger partial charge in [0.05, 0.1) is 13.7 Å². The van der Waals surface area contributed by atoms with Crippen LogP contribution in [0.3, 0.4) is 0 Å². The number of ether oxygens (including phenoxy) is 2. The van der Waals surface area contributed by atoms with Crippen molar-refractivity contribution < 1.29 is 23.5 Å². The molecule has 27 heavy (non-hydrogen) atoms. The van der Waals surface area contributed by atoms with Gasteiger partial charge in [-0.1, -0.05) is 12.1 Å². The van der Waals surface area contributed by atoms with Gasteiger partial charge in [-0.25, -0.2) is 4.39 Å². The Balaban J connectivity index is 1.78. The van der Waals surface area contributed by atoms with Crippen molar-refractivity contribution >= 4 is 11.8 Å². The molecular formula is C20H23FN2O4. The van der Waals surface area contributed by atoms with Crippen molar-refractivity contribution in [1.29, 1.82) is 0 Å². The summed E-state index contributed by atoms with van der Waals surface area (Å²) in [7, 11) is 1.57. The lowest BCUT2D eigenvalue weighted by Crippen LogP contribution is -2.42. The van der Waals surface area contributed by atoms with Gasteiger partial charge in [0.15, 0.2) is 6.61 Å². The zero-order valence-corrected chi connectivity index (χ0v) is 15.4. The van der Waals surface area contributed by atoms with Crippen molar-refractivity contribution in [3.63, 3.8) is 0 Å². The minimum Gasteiger partial charge on any atom is -0.497 e. The van der Waals surface area contributed by atoms with Gasteiger partial charge >= 0.3 is 0 Å². The molecule has 2 aromatic rings. The predicted octanol–water partition coefficient (Wildman–Crippen LogP) is 2.38. The Hall–Kier alpha value is -3.09. The van der Waals surface area contributed by atoms with Gasteiger partial charge in [0.2, 0.25) is 5.91 Å². The lowest BCUT2D eigenvalue weighted by Gasteiger charge is -2.20. The first kappa shape index (κ1) is 20.2. The van der Waals surface area contributed by atoms with Crippen molar-refractivity contribution in [2.24, 2.45) is 0 Å². The third-order valence-electron chi connectivity index (χ3n) is 3.89. The summed E-state index contributed by atoms with van der Waals surface area (Å²) in [5.41, 5.74) is 0.780. The summed E-state index contributed by atoms with van der Waals surface area (Å²) >= 11 is 0. The topological polar surface area (TPSA) is 67.9 Å². The summed E-state index contributed by atoms with van der Waals surface area (Å²) in [4.78, 5) is 25.7. The van der Waals surface area contributed by atoms with E-state index in [0.717, 1.165) is 5.56 Å². The van der Waals surface area contributed by atoms with Gasteiger partial charge in [-0.15, -0.1) is 0 Å². The fourth-order valence-electron chi connectivity index (χ4n) is 2.32. The second kappa shape index (κ2) is 10.2. The number of carbonyl (C=O) groups is 2. The molecule has 144 valence electrons. The Bertz CT molecular complexity index is 748. The minimum absolute atomic E-state index is 0.0670. The number of nitrogens with zero attached hydrogens (tertiary/aromatic N) is 1. The zero-order valence-electron chi connectivity index (χ0n) is 15.4. The van der Waals surface area contributed by atoms with Crippen LogP contribution in [0.4, 0.5) is 4.39 Å². The van der Waals surface area contributed by atoms with E-state index in [2.05, 4.69) is 5.32 Å². The number of carbonyl (C=O) groups excluding carboxylic acids is 2. The number of nitrogens with one attached hydrogen (secondary N) is 1. The van der Waals surface area contributed by atoms with E-state index in [-0.39, 0.29) is 37.3 Å².